The summed E-state index contributed by atoms with van der Waals surface area (Å²) in [6, 6.07) is 7.43. The van der Waals surface area contributed by atoms with Gasteiger partial charge in [-0.3, -0.25) is 4.79 Å². The molecule has 2 aliphatic rings. The van der Waals surface area contributed by atoms with Gasteiger partial charge in [-0.2, -0.15) is 9.78 Å². The molecule has 1 amide bonds. The lowest BCUT2D eigenvalue weighted by molar-refractivity contribution is -0.116. The summed E-state index contributed by atoms with van der Waals surface area (Å²) in [5.74, 6) is 2.38. The van der Waals surface area contributed by atoms with E-state index < -0.39 is 0 Å². The lowest BCUT2D eigenvalue weighted by atomic mass is 9.84. The van der Waals surface area contributed by atoms with E-state index in [0.29, 0.717) is 24.7 Å². The van der Waals surface area contributed by atoms with E-state index in [0.717, 1.165) is 40.3 Å². The summed E-state index contributed by atoms with van der Waals surface area (Å²) in [6.45, 7) is 6.47. The lowest BCUT2D eigenvalue weighted by Crippen LogP contribution is -2.25. The van der Waals surface area contributed by atoms with E-state index in [2.05, 4.69) is 20.6 Å². The van der Waals surface area contributed by atoms with Crippen molar-refractivity contribution in [2.24, 2.45) is 0 Å². The summed E-state index contributed by atoms with van der Waals surface area (Å²) < 4.78 is 13.6. The van der Waals surface area contributed by atoms with Crippen LogP contribution in [0.5, 0.6) is 11.5 Å². The zero-order valence-corrected chi connectivity index (χ0v) is 18.2. The topological polar surface area (TPSA) is 91.2 Å². The molecule has 31 heavy (non-hydrogen) atoms. The van der Waals surface area contributed by atoms with Crippen LogP contribution in [-0.4, -0.2) is 38.6 Å². The van der Waals surface area contributed by atoms with Gasteiger partial charge in [0.1, 0.15) is 23.4 Å². The summed E-state index contributed by atoms with van der Waals surface area (Å²) in [5, 5.41) is 15.9. The minimum atomic E-state index is -0.218. The number of fused-ring (bicyclic) bond motifs is 2. The van der Waals surface area contributed by atoms with Gasteiger partial charge >= 0.3 is 0 Å². The molecule has 4 heterocycles. The molecule has 0 saturated carbocycles. The second kappa shape index (κ2) is 7.53. The fourth-order valence-electron chi connectivity index (χ4n) is 4.41. The molecule has 1 aromatic carbocycles. The number of nitrogens with one attached hydrogen (secondary N) is 1. The van der Waals surface area contributed by atoms with Crippen LogP contribution in [0.4, 0.5) is 5.82 Å². The van der Waals surface area contributed by atoms with E-state index in [-0.39, 0.29) is 23.1 Å². The van der Waals surface area contributed by atoms with Gasteiger partial charge in [-0.25, -0.2) is 0 Å². The monoisotopic (exact) mass is 439 g/mol. The first kappa shape index (κ1) is 19.8. The van der Waals surface area contributed by atoms with E-state index in [1.165, 1.54) is 0 Å². The molecular weight excluding hydrogens is 418 g/mol. The van der Waals surface area contributed by atoms with Crippen molar-refractivity contribution in [2.75, 3.05) is 11.9 Å². The van der Waals surface area contributed by atoms with Crippen molar-refractivity contribution < 1.29 is 14.3 Å². The molecule has 0 bridgehead atoms. The fourth-order valence-corrected chi connectivity index (χ4v) is 4.51. The number of aromatic nitrogens is 4. The van der Waals surface area contributed by atoms with Crippen molar-refractivity contribution >= 4 is 23.3 Å². The molecule has 0 aliphatic carbocycles. The smallest absolute Gasteiger partial charge is 0.226 e. The number of aryl methyl sites for hydroxylation is 1. The molecule has 2 atom stereocenters. The molecule has 5 rings (SSSR count). The molecule has 3 aromatic rings. The van der Waals surface area contributed by atoms with E-state index in [1.54, 1.807) is 16.8 Å². The summed E-state index contributed by atoms with van der Waals surface area (Å²) in [4.78, 5) is 12.7. The minimum absolute atomic E-state index is 0.0993. The second-order valence-electron chi connectivity index (χ2n) is 7.84. The zero-order chi connectivity index (χ0) is 21.7. The van der Waals surface area contributed by atoms with Crippen LogP contribution in [0.15, 0.2) is 24.3 Å². The number of carbonyl (C=O) groups excluding carboxylic acids is 1. The highest BCUT2D eigenvalue weighted by molar-refractivity contribution is 6.29. The highest BCUT2D eigenvalue weighted by Gasteiger charge is 2.36. The quantitative estimate of drug-likeness (QED) is 0.664. The number of halogens is 1. The second-order valence-corrected chi connectivity index (χ2v) is 8.23. The highest BCUT2D eigenvalue weighted by atomic mass is 35.5. The van der Waals surface area contributed by atoms with Crippen LogP contribution in [0.2, 0.25) is 5.15 Å². The Bertz CT molecular complexity index is 1170. The van der Waals surface area contributed by atoms with Crippen LogP contribution in [0.3, 0.4) is 0 Å². The van der Waals surface area contributed by atoms with Gasteiger partial charge in [0.05, 0.1) is 12.3 Å². The standard InChI is InChI=1S/C22H22ClN5O3/c1-4-30-17-8-13-7-11(2)31-16(13)9-14(17)15-10-20(29)24-22-21(15)12(3)27-28(22)19-6-5-18(23)25-26-19/h5-6,8-9,11,15H,4,7,10H2,1-3H3,(H,24,29)/t11-,15+/m1/s1. The van der Waals surface area contributed by atoms with Crippen molar-refractivity contribution in [3.05, 3.63) is 51.8 Å². The van der Waals surface area contributed by atoms with E-state index in [4.69, 9.17) is 21.1 Å². The summed E-state index contributed by atoms with van der Waals surface area (Å²) in [5.41, 5.74) is 3.79. The Balaban J connectivity index is 1.66. The van der Waals surface area contributed by atoms with E-state index >= 15 is 0 Å². The maximum atomic E-state index is 12.7. The predicted molar refractivity (Wildman–Crippen MR) is 115 cm³/mol. The average molecular weight is 440 g/mol. The van der Waals surface area contributed by atoms with Crippen LogP contribution >= 0.6 is 11.6 Å². The molecule has 0 unspecified atom stereocenters. The van der Waals surface area contributed by atoms with Crippen molar-refractivity contribution in [2.45, 2.75) is 45.6 Å². The van der Waals surface area contributed by atoms with Gasteiger partial charge in [-0.05, 0) is 45.0 Å². The van der Waals surface area contributed by atoms with Crippen LogP contribution in [0.1, 0.15) is 48.6 Å². The number of amides is 1. The largest absolute Gasteiger partial charge is 0.494 e. The lowest BCUT2D eigenvalue weighted by Gasteiger charge is -2.26. The van der Waals surface area contributed by atoms with Gasteiger partial charge in [0.15, 0.2) is 11.0 Å². The third-order valence-electron chi connectivity index (χ3n) is 5.64. The zero-order valence-electron chi connectivity index (χ0n) is 17.5. The number of ether oxygens (including phenoxy) is 2. The number of hydrogen-bond donors (Lipinski definition) is 1. The minimum Gasteiger partial charge on any atom is -0.494 e. The molecule has 0 fully saturated rings. The Hall–Kier alpha value is -3.13. The predicted octanol–water partition coefficient (Wildman–Crippen LogP) is 3.82. The summed E-state index contributed by atoms with van der Waals surface area (Å²) in [7, 11) is 0. The number of hydrogen-bond acceptors (Lipinski definition) is 6. The summed E-state index contributed by atoms with van der Waals surface area (Å²) in [6.07, 6.45) is 1.26. The van der Waals surface area contributed by atoms with Gasteiger partial charge in [-0.15, -0.1) is 10.2 Å². The van der Waals surface area contributed by atoms with Gasteiger partial charge in [0.2, 0.25) is 5.91 Å². The molecule has 160 valence electrons. The molecule has 0 spiro atoms. The number of rotatable bonds is 4. The molecule has 1 N–H and O–H groups in total. The van der Waals surface area contributed by atoms with Crippen molar-refractivity contribution in [1.29, 1.82) is 0 Å². The fraction of sp³-hybridized carbons (Fsp3) is 0.364. The first-order valence-corrected chi connectivity index (χ1v) is 10.7. The SMILES string of the molecule is CCOc1cc2c(cc1[C@@H]1CC(=O)Nc3c1c(C)nn3-c1ccc(Cl)nn1)O[C@H](C)C2. The first-order valence-electron chi connectivity index (χ1n) is 10.3. The maximum Gasteiger partial charge on any atom is 0.226 e. The van der Waals surface area contributed by atoms with Gasteiger partial charge in [0.25, 0.3) is 0 Å². The van der Waals surface area contributed by atoms with Crippen molar-refractivity contribution in [3.8, 4) is 17.3 Å². The Morgan fingerprint density at radius 2 is 2.13 bits per heavy atom. The Morgan fingerprint density at radius 3 is 2.87 bits per heavy atom. The summed E-state index contributed by atoms with van der Waals surface area (Å²) >= 11 is 5.88. The number of benzene rings is 1. The molecule has 2 aromatic heterocycles. The molecular formula is C22H22ClN5O3. The van der Waals surface area contributed by atoms with Crippen LogP contribution < -0.4 is 14.8 Å². The Kier molecular flexibility index (Phi) is 4.81. The van der Waals surface area contributed by atoms with E-state index in [1.807, 2.05) is 32.9 Å². The number of anilines is 1. The molecule has 2 aliphatic heterocycles. The maximum absolute atomic E-state index is 12.7. The normalized spacial score (nSPS) is 19.4. The molecule has 0 saturated heterocycles. The van der Waals surface area contributed by atoms with Crippen molar-refractivity contribution in [3.63, 3.8) is 0 Å². The Labute approximate surface area is 184 Å². The molecule has 8 nitrogen and oxygen atoms in total. The molecule has 9 heteroatoms. The highest BCUT2D eigenvalue weighted by Crippen LogP contribution is 2.46. The third-order valence-corrected chi connectivity index (χ3v) is 5.84. The van der Waals surface area contributed by atoms with Gasteiger partial charge < -0.3 is 14.8 Å². The number of carbonyl (C=O) groups is 1. The first-order chi connectivity index (χ1) is 14.9. The van der Waals surface area contributed by atoms with Crippen molar-refractivity contribution in [1.82, 2.24) is 20.0 Å². The van der Waals surface area contributed by atoms with Gasteiger partial charge in [-0.1, -0.05) is 11.6 Å². The average Bonchev–Trinajstić information content (AvgIpc) is 3.26. The van der Waals surface area contributed by atoms with E-state index in [9.17, 15) is 4.79 Å². The van der Waals surface area contributed by atoms with Crippen LogP contribution in [-0.2, 0) is 11.2 Å². The van der Waals surface area contributed by atoms with Crippen LogP contribution in [0.25, 0.3) is 5.82 Å². The molecule has 0 radical (unpaired) electrons. The Morgan fingerprint density at radius 1 is 1.29 bits per heavy atom. The third kappa shape index (κ3) is 3.40. The number of nitrogens with zero attached hydrogens (tertiary/aromatic N) is 4. The van der Waals surface area contributed by atoms with Crippen LogP contribution in [0, 0.1) is 6.92 Å². The van der Waals surface area contributed by atoms with Gasteiger partial charge in [0, 0.05) is 35.4 Å².